The van der Waals surface area contributed by atoms with Crippen LogP contribution in [0, 0.1) is 6.92 Å². The third-order valence-electron chi connectivity index (χ3n) is 4.23. The molecule has 132 valence electrons. The van der Waals surface area contributed by atoms with Gasteiger partial charge in [-0.3, -0.25) is 0 Å². The molecule has 25 heavy (non-hydrogen) atoms. The van der Waals surface area contributed by atoms with E-state index in [0.29, 0.717) is 6.61 Å². The number of nitrogens with zero attached hydrogens (tertiary/aromatic N) is 2. The monoisotopic (exact) mass is 358 g/mol. The van der Waals surface area contributed by atoms with E-state index in [1.54, 1.807) is 6.92 Å². The molecule has 1 unspecified atom stereocenters. The van der Waals surface area contributed by atoms with Gasteiger partial charge in [0.1, 0.15) is 17.7 Å². The highest BCUT2D eigenvalue weighted by atomic mass is 35.5. The average molecular weight is 359 g/mol. The summed E-state index contributed by atoms with van der Waals surface area (Å²) in [6.45, 7) is 5.18. The normalized spacial score (nSPS) is 12.5. The van der Waals surface area contributed by atoms with Gasteiger partial charge in [0, 0.05) is 11.6 Å². The molecule has 4 nitrogen and oxygen atoms in total. The van der Waals surface area contributed by atoms with E-state index in [1.165, 1.54) is 0 Å². The number of halogens is 1. The SMILES string of the molecule is Cc1cc(OCCCCn2c(C(C)O)nc3ccccc32)ccc1Cl. The summed E-state index contributed by atoms with van der Waals surface area (Å²) in [6, 6.07) is 13.7. The molecule has 3 rings (SSSR count). The molecule has 0 aliphatic heterocycles. The number of ether oxygens (including phenoxy) is 1. The van der Waals surface area contributed by atoms with E-state index in [9.17, 15) is 5.11 Å². The first kappa shape index (κ1) is 17.8. The molecular weight excluding hydrogens is 336 g/mol. The number of hydrogen-bond donors (Lipinski definition) is 1. The number of unbranched alkanes of at least 4 members (excludes halogenated alkanes) is 1. The fraction of sp³-hybridized carbons (Fsp3) is 0.350. The van der Waals surface area contributed by atoms with Crippen molar-refractivity contribution >= 4 is 22.6 Å². The maximum absolute atomic E-state index is 9.99. The number of fused-ring (bicyclic) bond motifs is 1. The zero-order chi connectivity index (χ0) is 17.8. The van der Waals surface area contributed by atoms with Gasteiger partial charge in [-0.15, -0.1) is 0 Å². The molecule has 0 bridgehead atoms. The van der Waals surface area contributed by atoms with Crippen LogP contribution in [0.2, 0.25) is 5.02 Å². The van der Waals surface area contributed by atoms with E-state index < -0.39 is 6.10 Å². The Morgan fingerprint density at radius 1 is 1.20 bits per heavy atom. The Kier molecular flexibility index (Phi) is 5.61. The lowest BCUT2D eigenvalue weighted by molar-refractivity contribution is 0.184. The number of imidazole rings is 1. The van der Waals surface area contributed by atoms with Gasteiger partial charge in [0.2, 0.25) is 0 Å². The van der Waals surface area contributed by atoms with E-state index in [-0.39, 0.29) is 0 Å². The van der Waals surface area contributed by atoms with Gasteiger partial charge in [0.15, 0.2) is 0 Å². The van der Waals surface area contributed by atoms with Gasteiger partial charge in [-0.2, -0.15) is 0 Å². The van der Waals surface area contributed by atoms with Crippen molar-refractivity contribution in [2.75, 3.05) is 6.61 Å². The van der Waals surface area contributed by atoms with Crippen LogP contribution in [0.15, 0.2) is 42.5 Å². The second-order valence-corrected chi connectivity index (χ2v) is 6.66. The molecule has 0 aliphatic rings. The molecule has 0 aliphatic carbocycles. The number of rotatable bonds is 7. The van der Waals surface area contributed by atoms with Crippen LogP contribution in [0.3, 0.4) is 0 Å². The van der Waals surface area contributed by atoms with Crippen LogP contribution in [-0.4, -0.2) is 21.3 Å². The van der Waals surface area contributed by atoms with E-state index in [4.69, 9.17) is 16.3 Å². The molecular formula is C20H23ClN2O2. The minimum absolute atomic E-state index is 0.583. The first-order valence-corrected chi connectivity index (χ1v) is 8.96. The predicted octanol–water partition coefficient (Wildman–Crippen LogP) is 4.91. The number of aliphatic hydroxyl groups is 1. The van der Waals surface area contributed by atoms with Gasteiger partial charge in [0.25, 0.3) is 0 Å². The van der Waals surface area contributed by atoms with Gasteiger partial charge in [-0.25, -0.2) is 4.98 Å². The van der Waals surface area contributed by atoms with Crippen molar-refractivity contribution in [2.24, 2.45) is 0 Å². The summed E-state index contributed by atoms with van der Waals surface area (Å²) >= 11 is 6.02. The molecule has 1 aromatic heterocycles. The lowest BCUT2D eigenvalue weighted by Crippen LogP contribution is -2.08. The van der Waals surface area contributed by atoms with Crippen molar-refractivity contribution in [3.63, 3.8) is 0 Å². The number of aromatic nitrogens is 2. The Bertz CT molecular complexity index is 858. The smallest absolute Gasteiger partial charge is 0.138 e. The van der Waals surface area contributed by atoms with Crippen molar-refractivity contribution in [1.29, 1.82) is 0 Å². The molecule has 0 saturated carbocycles. The van der Waals surface area contributed by atoms with Crippen molar-refractivity contribution in [3.8, 4) is 5.75 Å². The number of benzene rings is 2. The summed E-state index contributed by atoms with van der Waals surface area (Å²) in [5.41, 5.74) is 3.00. The molecule has 0 spiro atoms. The lowest BCUT2D eigenvalue weighted by atomic mass is 10.2. The number of aryl methyl sites for hydroxylation is 2. The highest BCUT2D eigenvalue weighted by Gasteiger charge is 2.13. The fourth-order valence-electron chi connectivity index (χ4n) is 2.92. The van der Waals surface area contributed by atoms with Crippen LogP contribution in [0.5, 0.6) is 5.75 Å². The minimum Gasteiger partial charge on any atom is -0.494 e. The summed E-state index contributed by atoms with van der Waals surface area (Å²) in [6.07, 6.45) is 1.29. The first-order chi connectivity index (χ1) is 12.1. The molecule has 1 N–H and O–H groups in total. The second-order valence-electron chi connectivity index (χ2n) is 6.25. The summed E-state index contributed by atoms with van der Waals surface area (Å²) < 4.78 is 7.90. The number of para-hydroxylation sites is 2. The second kappa shape index (κ2) is 7.89. The Balaban J connectivity index is 1.58. The van der Waals surface area contributed by atoms with Crippen LogP contribution in [0.25, 0.3) is 11.0 Å². The van der Waals surface area contributed by atoms with E-state index >= 15 is 0 Å². The molecule has 3 aromatic rings. The van der Waals surface area contributed by atoms with Gasteiger partial charge < -0.3 is 14.4 Å². The molecule has 0 saturated heterocycles. The maximum Gasteiger partial charge on any atom is 0.138 e. The van der Waals surface area contributed by atoms with Crippen molar-refractivity contribution in [1.82, 2.24) is 9.55 Å². The summed E-state index contributed by atoms with van der Waals surface area (Å²) in [5, 5.41) is 10.7. The Labute approximate surface area is 153 Å². The van der Waals surface area contributed by atoms with E-state index in [2.05, 4.69) is 9.55 Å². The van der Waals surface area contributed by atoms with Crippen LogP contribution < -0.4 is 4.74 Å². The van der Waals surface area contributed by atoms with Gasteiger partial charge >= 0.3 is 0 Å². The highest BCUT2D eigenvalue weighted by Crippen LogP contribution is 2.22. The quantitative estimate of drug-likeness (QED) is 0.610. The molecule has 0 radical (unpaired) electrons. The standard InChI is InChI=1S/C20H23ClN2O2/c1-14-13-16(9-10-17(14)21)25-12-6-5-11-23-19-8-4-3-7-18(19)22-20(23)15(2)24/h3-4,7-10,13,15,24H,5-6,11-12H2,1-2H3. The summed E-state index contributed by atoms with van der Waals surface area (Å²) in [4.78, 5) is 4.55. The average Bonchev–Trinajstić information content (AvgIpc) is 2.97. The fourth-order valence-corrected chi connectivity index (χ4v) is 3.03. The number of aliphatic hydroxyl groups excluding tert-OH is 1. The Hall–Kier alpha value is -2.04. The largest absolute Gasteiger partial charge is 0.494 e. The molecule has 0 amide bonds. The zero-order valence-corrected chi connectivity index (χ0v) is 15.3. The maximum atomic E-state index is 9.99. The highest BCUT2D eigenvalue weighted by molar-refractivity contribution is 6.31. The summed E-state index contributed by atoms with van der Waals surface area (Å²) in [7, 11) is 0. The topological polar surface area (TPSA) is 47.3 Å². The van der Waals surface area contributed by atoms with Gasteiger partial charge in [-0.05, 0) is 62.6 Å². The minimum atomic E-state index is -0.583. The van der Waals surface area contributed by atoms with Gasteiger partial charge in [-0.1, -0.05) is 23.7 Å². The van der Waals surface area contributed by atoms with Crippen LogP contribution in [0.1, 0.15) is 37.3 Å². The van der Waals surface area contributed by atoms with Crippen molar-refractivity contribution in [2.45, 2.75) is 39.3 Å². The third-order valence-corrected chi connectivity index (χ3v) is 4.66. The van der Waals surface area contributed by atoms with E-state index in [1.807, 2.05) is 49.4 Å². The predicted molar refractivity (Wildman–Crippen MR) is 101 cm³/mol. The Morgan fingerprint density at radius 3 is 2.76 bits per heavy atom. The lowest BCUT2D eigenvalue weighted by Gasteiger charge is -2.11. The van der Waals surface area contributed by atoms with Crippen LogP contribution in [-0.2, 0) is 6.54 Å². The molecule has 1 heterocycles. The van der Waals surface area contributed by atoms with E-state index in [0.717, 1.165) is 52.6 Å². The van der Waals surface area contributed by atoms with Crippen molar-refractivity contribution in [3.05, 3.63) is 58.9 Å². The molecule has 0 fully saturated rings. The first-order valence-electron chi connectivity index (χ1n) is 8.58. The number of hydrogen-bond acceptors (Lipinski definition) is 3. The van der Waals surface area contributed by atoms with Crippen LogP contribution >= 0.6 is 11.6 Å². The Morgan fingerprint density at radius 2 is 2.00 bits per heavy atom. The zero-order valence-electron chi connectivity index (χ0n) is 14.6. The van der Waals surface area contributed by atoms with Crippen molar-refractivity contribution < 1.29 is 9.84 Å². The van der Waals surface area contributed by atoms with Gasteiger partial charge in [0.05, 0.1) is 17.6 Å². The molecule has 2 aromatic carbocycles. The third kappa shape index (κ3) is 4.14. The summed E-state index contributed by atoms with van der Waals surface area (Å²) in [5.74, 6) is 1.56. The molecule has 1 atom stereocenters. The molecule has 5 heteroatoms. The van der Waals surface area contributed by atoms with Crippen LogP contribution in [0.4, 0.5) is 0 Å².